The first-order valence-electron chi connectivity index (χ1n) is 11.0. The molecule has 0 amide bonds. The summed E-state index contributed by atoms with van der Waals surface area (Å²) < 4.78 is 55.4. The Labute approximate surface area is 188 Å². The number of pyridine rings is 1. The van der Waals surface area contributed by atoms with Crippen LogP contribution in [0.4, 0.5) is 23.4 Å². The van der Waals surface area contributed by atoms with Crippen LogP contribution in [-0.2, 0) is 12.7 Å². The highest BCUT2D eigenvalue weighted by molar-refractivity contribution is 5.63. The van der Waals surface area contributed by atoms with Crippen molar-refractivity contribution >= 4 is 5.82 Å². The van der Waals surface area contributed by atoms with Crippen LogP contribution in [0, 0.1) is 17.7 Å². The number of fused-ring (bicyclic) bond motifs is 1. The van der Waals surface area contributed by atoms with Gasteiger partial charge in [0.1, 0.15) is 11.4 Å². The minimum Gasteiger partial charge on any atom is -0.365 e. The molecule has 1 saturated heterocycles. The number of aromatic nitrogens is 3. The normalized spacial score (nSPS) is 23.0. The second-order valence-corrected chi connectivity index (χ2v) is 8.82. The molecule has 1 saturated carbocycles. The smallest absolute Gasteiger partial charge is 0.365 e. The topological polar surface area (TPSA) is 53.9 Å². The van der Waals surface area contributed by atoms with Crippen LogP contribution in [0.1, 0.15) is 24.1 Å². The van der Waals surface area contributed by atoms with E-state index >= 15 is 0 Å². The van der Waals surface area contributed by atoms with E-state index in [9.17, 15) is 17.6 Å². The molecule has 3 aromatic rings. The first-order chi connectivity index (χ1) is 15.9. The Hall–Kier alpha value is -3.07. The van der Waals surface area contributed by atoms with Gasteiger partial charge in [-0.25, -0.2) is 4.39 Å². The predicted octanol–water partition coefficient (Wildman–Crippen LogP) is 5.02. The zero-order valence-electron chi connectivity index (χ0n) is 17.8. The number of benzene rings is 1. The fourth-order valence-corrected chi connectivity index (χ4v) is 5.07. The summed E-state index contributed by atoms with van der Waals surface area (Å²) in [5.74, 6) is -0.0881. The van der Waals surface area contributed by atoms with Gasteiger partial charge < -0.3 is 5.32 Å². The minimum atomic E-state index is -4.63. The molecule has 9 heteroatoms. The van der Waals surface area contributed by atoms with Crippen LogP contribution >= 0.6 is 0 Å². The van der Waals surface area contributed by atoms with E-state index in [1.807, 2.05) is 18.2 Å². The fourth-order valence-electron chi connectivity index (χ4n) is 5.07. The summed E-state index contributed by atoms with van der Waals surface area (Å²) in [6, 6.07) is 12.2. The molecule has 0 radical (unpaired) electrons. The third-order valence-corrected chi connectivity index (χ3v) is 6.53. The third-order valence-electron chi connectivity index (χ3n) is 6.53. The number of rotatable bonds is 5. The Balaban J connectivity index is 1.28. The van der Waals surface area contributed by atoms with Crippen molar-refractivity contribution in [1.29, 1.82) is 0 Å². The average molecular weight is 457 g/mol. The van der Waals surface area contributed by atoms with Crippen LogP contribution in [0.25, 0.3) is 11.3 Å². The predicted molar refractivity (Wildman–Crippen MR) is 116 cm³/mol. The van der Waals surface area contributed by atoms with Crippen molar-refractivity contribution in [2.45, 2.75) is 31.6 Å². The Kier molecular flexibility index (Phi) is 5.74. The standard InChI is InChI=1S/C24H23F4N5/c25-21-7-2-1-6-19(21)22-11-20(24(26,27)28)23(32-31-22)30-18-9-15-12-33(13-16(15)10-18)14-17-5-3-4-8-29-17/h1-8,11,15-16,18H,9-10,12-14H2,(H,30,32)/t15-,16+,18+. The number of halogens is 4. The van der Waals surface area contributed by atoms with Gasteiger partial charge in [0, 0.05) is 37.4 Å². The van der Waals surface area contributed by atoms with Crippen LogP contribution in [0.15, 0.2) is 54.7 Å². The van der Waals surface area contributed by atoms with Crippen LogP contribution in [0.5, 0.6) is 0 Å². The van der Waals surface area contributed by atoms with Gasteiger partial charge in [0.2, 0.25) is 0 Å². The van der Waals surface area contributed by atoms with E-state index < -0.39 is 17.6 Å². The molecule has 1 N–H and O–H groups in total. The molecule has 2 fully saturated rings. The lowest BCUT2D eigenvalue weighted by molar-refractivity contribution is -0.137. The van der Waals surface area contributed by atoms with Gasteiger partial charge in [-0.05, 0) is 55.0 Å². The number of nitrogens with one attached hydrogen (secondary N) is 1. The highest BCUT2D eigenvalue weighted by Gasteiger charge is 2.42. The second kappa shape index (κ2) is 8.70. The van der Waals surface area contributed by atoms with Crippen LogP contribution < -0.4 is 5.32 Å². The molecule has 2 aromatic heterocycles. The van der Waals surface area contributed by atoms with Crippen LogP contribution in [0.3, 0.4) is 0 Å². The van der Waals surface area contributed by atoms with Crippen molar-refractivity contribution in [3.63, 3.8) is 0 Å². The van der Waals surface area contributed by atoms with E-state index in [0.717, 1.165) is 44.2 Å². The second-order valence-electron chi connectivity index (χ2n) is 8.82. The molecule has 1 aliphatic heterocycles. The van der Waals surface area contributed by atoms with Crippen molar-refractivity contribution in [2.75, 3.05) is 18.4 Å². The van der Waals surface area contributed by atoms with E-state index in [4.69, 9.17) is 0 Å². The molecule has 5 rings (SSSR count). The Morgan fingerprint density at radius 2 is 1.70 bits per heavy atom. The Bertz CT molecular complexity index is 1110. The maximum atomic E-state index is 14.1. The van der Waals surface area contributed by atoms with Crippen molar-refractivity contribution in [2.24, 2.45) is 11.8 Å². The lowest BCUT2D eigenvalue weighted by Gasteiger charge is -2.21. The van der Waals surface area contributed by atoms with Crippen molar-refractivity contribution in [1.82, 2.24) is 20.1 Å². The number of hydrogen-bond donors (Lipinski definition) is 1. The van der Waals surface area contributed by atoms with Crippen molar-refractivity contribution in [3.05, 3.63) is 71.8 Å². The zero-order chi connectivity index (χ0) is 23.0. The van der Waals surface area contributed by atoms with Crippen molar-refractivity contribution < 1.29 is 17.6 Å². The van der Waals surface area contributed by atoms with Crippen LogP contribution in [-0.4, -0.2) is 39.2 Å². The molecule has 0 spiro atoms. The molecule has 172 valence electrons. The molecular formula is C24H23F4N5. The lowest BCUT2D eigenvalue weighted by Crippen LogP contribution is -2.26. The average Bonchev–Trinajstić information content (AvgIpc) is 3.32. The summed E-state index contributed by atoms with van der Waals surface area (Å²) in [4.78, 5) is 6.73. The number of alkyl halides is 3. The molecular weight excluding hydrogens is 434 g/mol. The number of anilines is 1. The summed E-state index contributed by atoms with van der Waals surface area (Å²) in [7, 11) is 0. The summed E-state index contributed by atoms with van der Waals surface area (Å²) in [5, 5.41) is 10.7. The van der Waals surface area contributed by atoms with Gasteiger partial charge in [-0.3, -0.25) is 9.88 Å². The maximum absolute atomic E-state index is 14.1. The van der Waals surface area contributed by atoms with Gasteiger partial charge in [-0.2, -0.15) is 13.2 Å². The minimum absolute atomic E-state index is 0.00885. The van der Waals surface area contributed by atoms with Gasteiger partial charge >= 0.3 is 6.18 Å². The SMILES string of the molecule is Fc1ccccc1-c1cc(C(F)(F)F)c(N[C@H]2C[C@@H]3CN(Cc4ccccn4)C[C@@H]3C2)nn1. The van der Waals surface area contributed by atoms with Gasteiger partial charge in [-0.1, -0.05) is 18.2 Å². The number of likely N-dealkylation sites (tertiary alicyclic amines) is 1. The van der Waals surface area contributed by atoms with E-state index in [-0.39, 0.29) is 23.1 Å². The molecule has 3 atom stereocenters. The highest BCUT2D eigenvalue weighted by Crippen LogP contribution is 2.41. The monoisotopic (exact) mass is 457 g/mol. The molecule has 5 nitrogen and oxygen atoms in total. The third kappa shape index (κ3) is 4.68. The first-order valence-corrected chi connectivity index (χ1v) is 11.0. The summed E-state index contributed by atoms with van der Waals surface area (Å²) >= 11 is 0. The number of nitrogens with zero attached hydrogens (tertiary/aromatic N) is 4. The molecule has 2 aliphatic rings. The van der Waals surface area contributed by atoms with Gasteiger partial charge in [0.05, 0.1) is 11.4 Å². The lowest BCUT2D eigenvalue weighted by atomic mass is 10.0. The zero-order valence-corrected chi connectivity index (χ0v) is 17.8. The molecule has 0 unspecified atom stereocenters. The molecule has 33 heavy (non-hydrogen) atoms. The maximum Gasteiger partial charge on any atom is 0.420 e. The molecule has 3 heterocycles. The summed E-state index contributed by atoms with van der Waals surface area (Å²) in [6.45, 7) is 2.60. The van der Waals surface area contributed by atoms with E-state index in [1.165, 1.54) is 18.2 Å². The Morgan fingerprint density at radius 1 is 0.970 bits per heavy atom. The van der Waals surface area contributed by atoms with E-state index in [0.29, 0.717) is 11.8 Å². The van der Waals surface area contributed by atoms with Gasteiger partial charge in [0.25, 0.3) is 0 Å². The largest absolute Gasteiger partial charge is 0.420 e. The van der Waals surface area contributed by atoms with E-state index in [1.54, 1.807) is 12.3 Å². The first kappa shape index (κ1) is 21.8. The molecule has 1 aliphatic carbocycles. The fraction of sp³-hybridized carbons (Fsp3) is 0.375. The van der Waals surface area contributed by atoms with Gasteiger partial charge in [-0.15, -0.1) is 10.2 Å². The van der Waals surface area contributed by atoms with Crippen molar-refractivity contribution in [3.8, 4) is 11.3 Å². The van der Waals surface area contributed by atoms with Crippen LogP contribution in [0.2, 0.25) is 0 Å². The summed E-state index contributed by atoms with van der Waals surface area (Å²) in [6.07, 6.45) is -1.30. The quantitative estimate of drug-likeness (QED) is 0.546. The number of hydrogen-bond acceptors (Lipinski definition) is 5. The highest BCUT2D eigenvalue weighted by atomic mass is 19.4. The molecule has 0 bridgehead atoms. The molecule has 1 aromatic carbocycles. The van der Waals surface area contributed by atoms with Gasteiger partial charge in [0.15, 0.2) is 5.82 Å². The van der Waals surface area contributed by atoms with E-state index in [2.05, 4.69) is 25.4 Å². The Morgan fingerprint density at radius 3 is 2.36 bits per heavy atom. The summed E-state index contributed by atoms with van der Waals surface area (Å²) in [5.41, 5.74) is -0.0540.